The predicted octanol–water partition coefficient (Wildman–Crippen LogP) is 2.91. The van der Waals surface area contributed by atoms with Crippen LogP contribution in [0, 0.1) is 17.8 Å². The maximum atomic E-state index is 12.7. The van der Waals surface area contributed by atoms with Gasteiger partial charge in [-0.05, 0) is 44.1 Å². The molecule has 0 aromatic rings. The van der Waals surface area contributed by atoms with E-state index in [0.717, 1.165) is 12.8 Å². The molecule has 1 nitrogen and oxygen atoms in total. The van der Waals surface area contributed by atoms with Gasteiger partial charge in [0.25, 0.3) is 6.43 Å². The molecule has 0 aliphatic heterocycles. The highest BCUT2D eigenvalue weighted by Gasteiger charge is 2.33. The zero-order valence-electron chi connectivity index (χ0n) is 9.26. The summed E-state index contributed by atoms with van der Waals surface area (Å²) in [4.78, 5) is 0. The van der Waals surface area contributed by atoms with E-state index in [0.29, 0.717) is 11.8 Å². The van der Waals surface area contributed by atoms with Gasteiger partial charge in [-0.2, -0.15) is 0 Å². The summed E-state index contributed by atoms with van der Waals surface area (Å²) in [5, 5.41) is 2.76. The fourth-order valence-corrected chi connectivity index (χ4v) is 2.87. The molecule has 0 spiro atoms. The van der Waals surface area contributed by atoms with Crippen LogP contribution in [0.4, 0.5) is 8.78 Å². The van der Waals surface area contributed by atoms with Crippen LogP contribution in [0.2, 0.25) is 0 Å². The highest BCUT2D eigenvalue weighted by atomic mass is 19.3. The standard InChI is InChI=1S/C11H21F2N/c1-7-4-8(2)6-9(5-7)10(14-3)11(12)13/h7-11,14H,4-6H2,1-3H3. The molecule has 0 aromatic carbocycles. The van der Waals surface area contributed by atoms with E-state index in [9.17, 15) is 8.78 Å². The second-order valence-corrected chi connectivity index (χ2v) is 4.83. The van der Waals surface area contributed by atoms with Crippen molar-refractivity contribution < 1.29 is 8.78 Å². The molecule has 0 saturated heterocycles. The van der Waals surface area contributed by atoms with Crippen molar-refractivity contribution in [3.63, 3.8) is 0 Å². The first kappa shape index (κ1) is 11.9. The molecule has 1 aliphatic rings. The first-order chi connectivity index (χ1) is 6.54. The Hall–Kier alpha value is -0.180. The molecular weight excluding hydrogens is 184 g/mol. The molecule has 1 saturated carbocycles. The van der Waals surface area contributed by atoms with E-state index in [4.69, 9.17) is 0 Å². The lowest BCUT2D eigenvalue weighted by molar-refractivity contribution is 0.0460. The summed E-state index contributed by atoms with van der Waals surface area (Å²) >= 11 is 0. The third kappa shape index (κ3) is 2.91. The second kappa shape index (κ2) is 5.06. The molecule has 0 aromatic heterocycles. The lowest BCUT2D eigenvalue weighted by Gasteiger charge is -2.36. The van der Waals surface area contributed by atoms with Gasteiger partial charge in [-0.1, -0.05) is 13.8 Å². The molecule has 1 N–H and O–H groups in total. The van der Waals surface area contributed by atoms with Crippen LogP contribution < -0.4 is 5.32 Å². The molecule has 1 aliphatic carbocycles. The smallest absolute Gasteiger partial charge is 0.253 e. The first-order valence-electron chi connectivity index (χ1n) is 5.50. The predicted molar refractivity (Wildman–Crippen MR) is 54.5 cm³/mol. The molecule has 0 bridgehead atoms. The Balaban J connectivity index is 2.56. The van der Waals surface area contributed by atoms with Gasteiger partial charge < -0.3 is 5.32 Å². The van der Waals surface area contributed by atoms with Crippen molar-refractivity contribution in [1.29, 1.82) is 0 Å². The molecule has 3 unspecified atom stereocenters. The van der Waals surface area contributed by atoms with E-state index in [2.05, 4.69) is 19.2 Å². The molecule has 3 heteroatoms. The van der Waals surface area contributed by atoms with E-state index < -0.39 is 12.5 Å². The summed E-state index contributed by atoms with van der Waals surface area (Å²) in [5.74, 6) is 1.34. The van der Waals surface area contributed by atoms with Crippen LogP contribution in [0.5, 0.6) is 0 Å². The van der Waals surface area contributed by atoms with Crippen molar-refractivity contribution in [2.45, 2.75) is 45.6 Å². The quantitative estimate of drug-likeness (QED) is 0.747. The number of halogens is 2. The summed E-state index contributed by atoms with van der Waals surface area (Å²) in [7, 11) is 1.64. The monoisotopic (exact) mass is 205 g/mol. The van der Waals surface area contributed by atoms with Crippen LogP contribution in [-0.4, -0.2) is 19.5 Å². The number of alkyl halides is 2. The van der Waals surface area contributed by atoms with Gasteiger partial charge in [0.15, 0.2) is 0 Å². The molecular formula is C11H21F2N. The minimum Gasteiger partial charge on any atom is -0.312 e. The van der Waals surface area contributed by atoms with E-state index in [-0.39, 0.29) is 5.92 Å². The Kier molecular flexibility index (Phi) is 4.30. The topological polar surface area (TPSA) is 12.0 Å². The Morgan fingerprint density at radius 2 is 1.57 bits per heavy atom. The zero-order chi connectivity index (χ0) is 10.7. The SMILES string of the molecule is CNC(C(F)F)C1CC(C)CC(C)C1. The lowest BCUT2D eigenvalue weighted by Crippen LogP contribution is -2.42. The van der Waals surface area contributed by atoms with Gasteiger partial charge in [-0.3, -0.25) is 0 Å². The number of rotatable bonds is 3. The van der Waals surface area contributed by atoms with Gasteiger partial charge in [0.05, 0.1) is 6.04 Å². The molecule has 0 radical (unpaired) electrons. The second-order valence-electron chi connectivity index (χ2n) is 4.83. The molecule has 14 heavy (non-hydrogen) atoms. The third-order valence-corrected chi connectivity index (χ3v) is 3.33. The summed E-state index contributed by atoms with van der Waals surface area (Å²) in [6, 6.07) is -0.611. The van der Waals surface area contributed by atoms with Gasteiger partial charge in [0, 0.05) is 0 Å². The van der Waals surface area contributed by atoms with E-state index in [1.165, 1.54) is 6.42 Å². The van der Waals surface area contributed by atoms with Crippen LogP contribution in [0.3, 0.4) is 0 Å². The Morgan fingerprint density at radius 1 is 1.07 bits per heavy atom. The minimum atomic E-state index is -2.23. The van der Waals surface area contributed by atoms with Crippen LogP contribution in [0.15, 0.2) is 0 Å². The molecule has 84 valence electrons. The fraction of sp³-hybridized carbons (Fsp3) is 1.00. The fourth-order valence-electron chi connectivity index (χ4n) is 2.87. The van der Waals surface area contributed by atoms with Crippen LogP contribution >= 0.6 is 0 Å². The van der Waals surface area contributed by atoms with Gasteiger partial charge >= 0.3 is 0 Å². The minimum absolute atomic E-state index is 0.152. The van der Waals surface area contributed by atoms with E-state index in [1.807, 2.05) is 0 Å². The lowest BCUT2D eigenvalue weighted by atomic mass is 9.74. The number of hydrogen-bond acceptors (Lipinski definition) is 1. The Bertz CT molecular complexity index is 163. The van der Waals surface area contributed by atoms with Gasteiger partial charge in [0.1, 0.15) is 0 Å². The van der Waals surface area contributed by atoms with Crippen LogP contribution in [-0.2, 0) is 0 Å². The molecule has 0 amide bonds. The zero-order valence-corrected chi connectivity index (χ0v) is 9.26. The van der Waals surface area contributed by atoms with Crippen molar-refractivity contribution in [1.82, 2.24) is 5.32 Å². The third-order valence-electron chi connectivity index (χ3n) is 3.33. The molecule has 1 rings (SSSR count). The summed E-state index contributed by atoms with van der Waals surface area (Å²) in [5.41, 5.74) is 0. The van der Waals surface area contributed by atoms with Crippen molar-refractivity contribution >= 4 is 0 Å². The molecule has 3 atom stereocenters. The number of nitrogens with one attached hydrogen (secondary N) is 1. The molecule has 1 fully saturated rings. The number of hydrogen-bond donors (Lipinski definition) is 1. The van der Waals surface area contributed by atoms with Crippen molar-refractivity contribution in [3.8, 4) is 0 Å². The van der Waals surface area contributed by atoms with E-state index >= 15 is 0 Å². The normalized spacial score (nSPS) is 36.0. The Morgan fingerprint density at radius 3 is 1.93 bits per heavy atom. The van der Waals surface area contributed by atoms with Crippen molar-refractivity contribution in [2.24, 2.45) is 17.8 Å². The van der Waals surface area contributed by atoms with Crippen LogP contribution in [0.1, 0.15) is 33.1 Å². The maximum Gasteiger partial charge on any atom is 0.253 e. The average Bonchev–Trinajstić information content (AvgIpc) is 2.02. The molecule has 0 heterocycles. The van der Waals surface area contributed by atoms with E-state index in [1.54, 1.807) is 7.05 Å². The summed E-state index contributed by atoms with van der Waals surface area (Å²) < 4.78 is 25.4. The highest BCUT2D eigenvalue weighted by Crippen LogP contribution is 2.35. The van der Waals surface area contributed by atoms with Gasteiger partial charge in [-0.15, -0.1) is 0 Å². The van der Waals surface area contributed by atoms with Crippen molar-refractivity contribution in [3.05, 3.63) is 0 Å². The summed E-state index contributed by atoms with van der Waals surface area (Å²) in [6.45, 7) is 4.34. The average molecular weight is 205 g/mol. The van der Waals surface area contributed by atoms with Gasteiger partial charge in [0.2, 0.25) is 0 Å². The Labute approximate surface area is 85.3 Å². The summed E-state index contributed by atoms with van der Waals surface area (Å²) in [6.07, 6.45) is 0.846. The van der Waals surface area contributed by atoms with Crippen LogP contribution in [0.25, 0.3) is 0 Å². The maximum absolute atomic E-state index is 12.7. The van der Waals surface area contributed by atoms with Gasteiger partial charge in [-0.25, -0.2) is 8.78 Å². The van der Waals surface area contributed by atoms with Crippen molar-refractivity contribution in [2.75, 3.05) is 7.05 Å². The first-order valence-corrected chi connectivity index (χ1v) is 5.50. The highest BCUT2D eigenvalue weighted by molar-refractivity contribution is 4.84. The largest absolute Gasteiger partial charge is 0.312 e.